The summed E-state index contributed by atoms with van der Waals surface area (Å²) in [6.45, 7) is 10.1. The summed E-state index contributed by atoms with van der Waals surface area (Å²) in [7, 11) is -0.464. The molecule has 0 spiro atoms. The Kier molecular flexibility index (Phi) is 5.08. The van der Waals surface area contributed by atoms with E-state index in [2.05, 4.69) is 33.0 Å². The van der Waals surface area contributed by atoms with Crippen LogP contribution in [0.5, 0.6) is 0 Å². The van der Waals surface area contributed by atoms with Crippen molar-refractivity contribution in [2.24, 2.45) is 11.3 Å². The molecule has 0 aromatic heterocycles. The van der Waals surface area contributed by atoms with Gasteiger partial charge in [-0.15, -0.1) is 0 Å². The maximum atomic E-state index is 11.1. The summed E-state index contributed by atoms with van der Waals surface area (Å²) in [6, 6.07) is 4.95. The Morgan fingerprint density at radius 2 is 2.00 bits per heavy atom. The van der Waals surface area contributed by atoms with Crippen molar-refractivity contribution in [3.8, 4) is 0 Å². The van der Waals surface area contributed by atoms with Crippen LogP contribution in [0.15, 0.2) is 18.2 Å². The average Bonchev–Trinajstić information content (AvgIpc) is 2.44. The van der Waals surface area contributed by atoms with Crippen LogP contribution in [0.3, 0.4) is 0 Å². The van der Waals surface area contributed by atoms with Crippen molar-refractivity contribution < 1.29 is 14.2 Å². The third-order valence-corrected chi connectivity index (χ3v) is 3.44. The van der Waals surface area contributed by atoms with Crippen LogP contribution in [0.25, 0.3) is 0 Å². The van der Waals surface area contributed by atoms with Gasteiger partial charge in [0.05, 0.1) is 4.92 Å². The summed E-state index contributed by atoms with van der Waals surface area (Å²) in [5, 5.41) is 14.3. The number of benzene rings is 1. The van der Waals surface area contributed by atoms with E-state index in [0.717, 1.165) is 5.46 Å². The van der Waals surface area contributed by atoms with Gasteiger partial charge in [-0.05, 0) is 17.4 Å². The number of nitro benzene ring substituents is 1. The second kappa shape index (κ2) is 6.66. The minimum atomic E-state index is -0.464. The smallest absolute Gasteiger partial charge is 0.407 e. The summed E-state index contributed by atoms with van der Waals surface area (Å²) < 4.78 is 11.5. The molecule has 2 rings (SSSR count). The summed E-state index contributed by atoms with van der Waals surface area (Å²) >= 11 is 0. The van der Waals surface area contributed by atoms with Gasteiger partial charge in [0.15, 0.2) is 0 Å². The van der Waals surface area contributed by atoms with Gasteiger partial charge < -0.3 is 14.6 Å². The van der Waals surface area contributed by atoms with E-state index in [1.807, 2.05) is 0 Å². The SMILES string of the molecule is CC(C)CNc1cc(B2OCC(C)(C)CO2)ccc1[N+](=O)[O-]. The molecule has 1 aliphatic rings. The summed E-state index contributed by atoms with van der Waals surface area (Å²) in [5.41, 5.74) is 1.37. The van der Waals surface area contributed by atoms with Gasteiger partial charge in [-0.2, -0.15) is 0 Å². The second-order valence-electron chi connectivity index (χ2n) is 6.93. The number of anilines is 1. The first-order valence-electron chi connectivity index (χ1n) is 7.54. The van der Waals surface area contributed by atoms with Crippen molar-refractivity contribution in [2.45, 2.75) is 27.7 Å². The van der Waals surface area contributed by atoms with Gasteiger partial charge in [-0.1, -0.05) is 33.8 Å². The zero-order chi connectivity index (χ0) is 16.3. The fourth-order valence-electron chi connectivity index (χ4n) is 2.20. The minimum Gasteiger partial charge on any atom is -0.407 e. The molecule has 0 aliphatic carbocycles. The monoisotopic (exact) mass is 306 g/mol. The molecule has 1 aromatic rings. The third-order valence-electron chi connectivity index (χ3n) is 3.44. The molecular formula is C15H23BN2O4. The van der Waals surface area contributed by atoms with E-state index in [1.165, 1.54) is 6.07 Å². The highest BCUT2D eigenvalue weighted by atomic mass is 16.6. The highest BCUT2D eigenvalue weighted by Crippen LogP contribution is 2.25. The first kappa shape index (κ1) is 16.8. The zero-order valence-electron chi connectivity index (χ0n) is 13.6. The van der Waals surface area contributed by atoms with Crippen LogP contribution in [0.2, 0.25) is 0 Å². The van der Waals surface area contributed by atoms with Gasteiger partial charge in [0.1, 0.15) is 5.69 Å². The molecule has 1 aromatic carbocycles. The Morgan fingerprint density at radius 1 is 1.36 bits per heavy atom. The Balaban J connectivity index is 2.19. The van der Waals surface area contributed by atoms with E-state index < -0.39 is 7.12 Å². The number of rotatable bonds is 5. The Hall–Kier alpha value is -1.60. The van der Waals surface area contributed by atoms with Gasteiger partial charge >= 0.3 is 7.12 Å². The van der Waals surface area contributed by atoms with Crippen molar-refractivity contribution in [1.29, 1.82) is 0 Å². The minimum absolute atomic E-state index is 0.00397. The van der Waals surface area contributed by atoms with E-state index in [1.54, 1.807) is 12.1 Å². The normalized spacial score (nSPS) is 17.6. The summed E-state index contributed by atoms with van der Waals surface area (Å²) in [4.78, 5) is 10.8. The topological polar surface area (TPSA) is 73.6 Å². The Bertz CT molecular complexity index is 538. The van der Waals surface area contributed by atoms with Crippen molar-refractivity contribution in [2.75, 3.05) is 25.1 Å². The van der Waals surface area contributed by atoms with Gasteiger partial charge in [-0.25, -0.2) is 0 Å². The molecule has 0 radical (unpaired) electrons. The number of hydrogen-bond acceptors (Lipinski definition) is 5. The Labute approximate surface area is 131 Å². The van der Waals surface area contributed by atoms with E-state index in [-0.39, 0.29) is 16.0 Å². The number of nitrogens with one attached hydrogen (secondary N) is 1. The van der Waals surface area contributed by atoms with Crippen LogP contribution in [-0.4, -0.2) is 31.8 Å². The standard InChI is InChI=1S/C15H23BN2O4/c1-11(2)8-17-13-7-12(5-6-14(13)18(19)20)16-21-9-15(3,4)10-22-16/h5-7,11,17H,8-10H2,1-4H3. The predicted molar refractivity (Wildman–Crippen MR) is 87.5 cm³/mol. The van der Waals surface area contributed by atoms with E-state index in [0.29, 0.717) is 31.4 Å². The van der Waals surface area contributed by atoms with Crippen molar-refractivity contribution in [3.63, 3.8) is 0 Å². The van der Waals surface area contributed by atoms with Crippen LogP contribution in [0.4, 0.5) is 11.4 Å². The van der Waals surface area contributed by atoms with E-state index in [9.17, 15) is 10.1 Å². The van der Waals surface area contributed by atoms with Gasteiger partial charge in [0, 0.05) is 31.2 Å². The lowest BCUT2D eigenvalue weighted by Gasteiger charge is -2.33. The van der Waals surface area contributed by atoms with E-state index in [4.69, 9.17) is 9.31 Å². The Morgan fingerprint density at radius 3 is 2.55 bits per heavy atom. The zero-order valence-corrected chi connectivity index (χ0v) is 13.6. The summed E-state index contributed by atoms with van der Waals surface area (Å²) in [6.07, 6.45) is 0. The number of nitro groups is 1. The van der Waals surface area contributed by atoms with Crippen LogP contribution in [0, 0.1) is 21.4 Å². The largest absolute Gasteiger partial charge is 0.493 e. The maximum absolute atomic E-state index is 11.1. The lowest BCUT2D eigenvalue weighted by atomic mass is 9.75. The van der Waals surface area contributed by atoms with Crippen molar-refractivity contribution in [3.05, 3.63) is 28.3 Å². The molecular weight excluding hydrogens is 283 g/mol. The van der Waals surface area contributed by atoms with Crippen molar-refractivity contribution in [1.82, 2.24) is 0 Å². The van der Waals surface area contributed by atoms with Crippen molar-refractivity contribution >= 4 is 24.0 Å². The molecule has 0 bridgehead atoms. The van der Waals surface area contributed by atoms with Crippen LogP contribution in [0.1, 0.15) is 27.7 Å². The fraction of sp³-hybridized carbons (Fsp3) is 0.600. The summed E-state index contributed by atoms with van der Waals surface area (Å²) in [5.74, 6) is 0.395. The molecule has 1 fully saturated rings. The highest BCUT2D eigenvalue weighted by Gasteiger charge is 2.34. The molecule has 1 saturated heterocycles. The quantitative estimate of drug-likeness (QED) is 0.514. The molecule has 1 aliphatic heterocycles. The van der Waals surface area contributed by atoms with Crippen LogP contribution < -0.4 is 10.8 Å². The van der Waals surface area contributed by atoms with Gasteiger partial charge in [-0.3, -0.25) is 10.1 Å². The average molecular weight is 306 g/mol. The molecule has 1 N–H and O–H groups in total. The number of nitrogens with zero attached hydrogens (tertiary/aromatic N) is 1. The lowest BCUT2D eigenvalue weighted by Crippen LogP contribution is -2.47. The molecule has 7 heteroatoms. The lowest BCUT2D eigenvalue weighted by molar-refractivity contribution is -0.383. The van der Waals surface area contributed by atoms with Crippen LogP contribution >= 0.6 is 0 Å². The molecule has 22 heavy (non-hydrogen) atoms. The molecule has 1 heterocycles. The highest BCUT2D eigenvalue weighted by molar-refractivity contribution is 6.61. The third kappa shape index (κ3) is 4.21. The molecule has 0 amide bonds. The second-order valence-corrected chi connectivity index (χ2v) is 6.93. The molecule has 120 valence electrons. The fourth-order valence-corrected chi connectivity index (χ4v) is 2.20. The van der Waals surface area contributed by atoms with Crippen LogP contribution in [-0.2, 0) is 9.31 Å². The maximum Gasteiger partial charge on any atom is 0.493 e. The number of hydrogen-bond donors (Lipinski definition) is 1. The molecule has 6 nitrogen and oxygen atoms in total. The predicted octanol–water partition coefficient (Wildman–Crippen LogP) is 2.43. The van der Waals surface area contributed by atoms with E-state index >= 15 is 0 Å². The van der Waals surface area contributed by atoms with Gasteiger partial charge in [0.25, 0.3) is 5.69 Å². The first-order valence-corrected chi connectivity index (χ1v) is 7.54. The molecule has 0 atom stereocenters. The first-order chi connectivity index (χ1) is 10.3. The molecule has 0 unspecified atom stereocenters. The van der Waals surface area contributed by atoms with Gasteiger partial charge in [0.2, 0.25) is 0 Å². The molecule has 0 saturated carbocycles.